The number of methoxy groups -OCH3 is 1. The number of benzene rings is 2. The highest BCUT2D eigenvalue weighted by atomic mass is 79.9. The van der Waals surface area contributed by atoms with Gasteiger partial charge in [-0.3, -0.25) is 9.69 Å². The van der Waals surface area contributed by atoms with E-state index in [9.17, 15) is 4.79 Å². The van der Waals surface area contributed by atoms with Crippen LogP contribution < -0.4 is 15.0 Å². The minimum Gasteiger partial charge on any atom is -0.495 e. The van der Waals surface area contributed by atoms with Crippen molar-refractivity contribution in [1.29, 1.82) is 0 Å². The third-order valence-corrected chi connectivity index (χ3v) is 5.18. The summed E-state index contributed by atoms with van der Waals surface area (Å²) in [6, 6.07) is 13.4. The molecule has 138 valence electrons. The zero-order valence-corrected chi connectivity index (χ0v) is 16.9. The van der Waals surface area contributed by atoms with E-state index in [1.165, 1.54) is 0 Å². The Bertz CT molecular complexity index is 779. The molecule has 1 saturated heterocycles. The highest BCUT2D eigenvalue weighted by Gasteiger charge is 2.21. The molecule has 0 spiro atoms. The molecule has 0 atom stereocenters. The van der Waals surface area contributed by atoms with Crippen molar-refractivity contribution in [2.24, 2.45) is 0 Å². The molecule has 0 aromatic heterocycles. The van der Waals surface area contributed by atoms with Crippen LogP contribution in [-0.2, 0) is 4.79 Å². The fourth-order valence-corrected chi connectivity index (χ4v) is 3.74. The highest BCUT2D eigenvalue weighted by Crippen LogP contribution is 2.28. The number of hydrogen-bond donors (Lipinski definition) is 1. The van der Waals surface area contributed by atoms with Crippen molar-refractivity contribution >= 4 is 44.8 Å². The summed E-state index contributed by atoms with van der Waals surface area (Å²) in [6.45, 7) is 3.70. The molecular formula is C19H21BrClN3O2. The maximum absolute atomic E-state index is 12.3. The summed E-state index contributed by atoms with van der Waals surface area (Å²) in [6.07, 6.45) is 0. The molecule has 26 heavy (non-hydrogen) atoms. The lowest BCUT2D eigenvalue weighted by Gasteiger charge is -2.36. The Labute approximate surface area is 167 Å². The molecule has 1 aliphatic heterocycles. The Morgan fingerprint density at radius 1 is 1.19 bits per heavy atom. The van der Waals surface area contributed by atoms with Crippen LogP contribution in [-0.4, -0.2) is 50.6 Å². The normalized spacial score (nSPS) is 15.0. The number of nitrogens with one attached hydrogen (secondary N) is 1. The molecule has 0 unspecified atom stereocenters. The van der Waals surface area contributed by atoms with E-state index in [1.54, 1.807) is 19.2 Å². The SMILES string of the molecule is COc1ccccc1N1CCN(CC(=O)Nc2ccc(Br)cc2Cl)CC1. The van der Waals surface area contributed by atoms with Gasteiger partial charge in [-0.15, -0.1) is 0 Å². The first kappa shape index (κ1) is 19.0. The molecule has 7 heteroatoms. The summed E-state index contributed by atoms with van der Waals surface area (Å²) >= 11 is 9.51. The van der Waals surface area contributed by atoms with Crippen molar-refractivity contribution in [3.63, 3.8) is 0 Å². The first-order chi connectivity index (χ1) is 12.6. The summed E-state index contributed by atoms with van der Waals surface area (Å²) in [4.78, 5) is 16.8. The molecule has 5 nitrogen and oxygen atoms in total. The molecule has 2 aromatic rings. The second-order valence-corrected chi connectivity index (χ2v) is 7.43. The number of piperazine rings is 1. The number of anilines is 2. The molecule has 1 heterocycles. The Balaban J connectivity index is 1.53. The van der Waals surface area contributed by atoms with Crippen molar-refractivity contribution in [3.8, 4) is 5.75 Å². The molecule has 0 radical (unpaired) electrons. The quantitative estimate of drug-likeness (QED) is 0.770. The Morgan fingerprint density at radius 2 is 1.92 bits per heavy atom. The number of rotatable bonds is 5. The smallest absolute Gasteiger partial charge is 0.238 e. The van der Waals surface area contributed by atoms with Crippen LogP contribution in [0.2, 0.25) is 5.02 Å². The van der Waals surface area contributed by atoms with E-state index >= 15 is 0 Å². The van der Waals surface area contributed by atoms with E-state index in [-0.39, 0.29) is 5.91 Å². The average molecular weight is 439 g/mol. The number of para-hydroxylation sites is 2. The van der Waals surface area contributed by atoms with Crippen molar-refractivity contribution in [3.05, 3.63) is 52.0 Å². The van der Waals surface area contributed by atoms with Crippen LogP contribution >= 0.6 is 27.5 Å². The molecule has 2 aromatic carbocycles. The van der Waals surface area contributed by atoms with Gasteiger partial charge in [-0.2, -0.15) is 0 Å². The van der Waals surface area contributed by atoms with Gasteiger partial charge in [-0.25, -0.2) is 0 Å². The van der Waals surface area contributed by atoms with E-state index in [0.717, 1.165) is 42.1 Å². The van der Waals surface area contributed by atoms with E-state index in [2.05, 4.69) is 37.1 Å². The van der Waals surface area contributed by atoms with Crippen LogP contribution in [0.1, 0.15) is 0 Å². The predicted molar refractivity (Wildman–Crippen MR) is 109 cm³/mol. The van der Waals surface area contributed by atoms with Crippen molar-refractivity contribution in [1.82, 2.24) is 4.90 Å². The van der Waals surface area contributed by atoms with E-state index in [1.807, 2.05) is 24.3 Å². The van der Waals surface area contributed by atoms with E-state index in [0.29, 0.717) is 17.3 Å². The molecule has 1 aliphatic rings. The first-order valence-corrected chi connectivity index (χ1v) is 9.59. The lowest BCUT2D eigenvalue weighted by atomic mass is 10.2. The molecule has 1 amide bonds. The van der Waals surface area contributed by atoms with E-state index in [4.69, 9.17) is 16.3 Å². The maximum Gasteiger partial charge on any atom is 0.238 e. The molecule has 1 N–H and O–H groups in total. The van der Waals surface area contributed by atoms with Crippen molar-refractivity contribution in [2.45, 2.75) is 0 Å². The molecule has 0 aliphatic carbocycles. The van der Waals surface area contributed by atoms with Crippen molar-refractivity contribution < 1.29 is 9.53 Å². The fourth-order valence-electron chi connectivity index (χ4n) is 3.02. The first-order valence-electron chi connectivity index (χ1n) is 8.42. The zero-order chi connectivity index (χ0) is 18.5. The van der Waals surface area contributed by atoms with Crippen LogP contribution in [0.25, 0.3) is 0 Å². The molecule has 1 fully saturated rings. The second kappa shape index (κ2) is 8.75. The van der Waals surface area contributed by atoms with Gasteiger partial charge in [0.1, 0.15) is 5.75 Å². The van der Waals surface area contributed by atoms with Gasteiger partial charge in [0.15, 0.2) is 0 Å². The standard InChI is InChI=1S/C19H21BrClN3O2/c1-26-18-5-3-2-4-17(18)24-10-8-23(9-11-24)13-19(25)22-16-7-6-14(20)12-15(16)21/h2-7,12H,8-11,13H2,1H3,(H,22,25). The Kier molecular flexibility index (Phi) is 6.40. The topological polar surface area (TPSA) is 44.8 Å². The number of carbonyl (C=O) groups is 1. The summed E-state index contributed by atoms with van der Waals surface area (Å²) in [7, 11) is 1.69. The largest absolute Gasteiger partial charge is 0.495 e. The Hall–Kier alpha value is -1.76. The van der Waals surface area contributed by atoms with Gasteiger partial charge < -0.3 is 15.0 Å². The summed E-state index contributed by atoms with van der Waals surface area (Å²) in [5.74, 6) is 0.823. The maximum atomic E-state index is 12.3. The third kappa shape index (κ3) is 4.69. The van der Waals surface area contributed by atoms with Crippen LogP contribution in [0.5, 0.6) is 5.75 Å². The number of nitrogens with zero attached hydrogens (tertiary/aromatic N) is 2. The lowest BCUT2D eigenvalue weighted by Crippen LogP contribution is -2.48. The molecule has 0 saturated carbocycles. The average Bonchev–Trinajstić information content (AvgIpc) is 2.64. The highest BCUT2D eigenvalue weighted by molar-refractivity contribution is 9.10. The predicted octanol–water partition coefficient (Wildman–Crippen LogP) is 3.87. The lowest BCUT2D eigenvalue weighted by molar-refractivity contribution is -0.117. The zero-order valence-electron chi connectivity index (χ0n) is 14.5. The number of hydrogen-bond acceptors (Lipinski definition) is 4. The monoisotopic (exact) mass is 437 g/mol. The summed E-state index contributed by atoms with van der Waals surface area (Å²) in [5, 5.41) is 3.40. The van der Waals surface area contributed by atoms with Gasteiger partial charge in [0.2, 0.25) is 5.91 Å². The van der Waals surface area contributed by atoms with E-state index < -0.39 is 0 Å². The van der Waals surface area contributed by atoms with Crippen LogP contribution in [0.15, 0.2) is 46.9 Å². The molecular weight excluding hydrogens is 418 g/mol. The van der Waals surface area contributed by atoms with Gasteiger partial charge >= 0.3 is 0 Å². The van der Waals surface area contributed by atoms with Crippen LogP contribution in [0, 0.1) is 0 Å². The van der Waals surface area contributed by atoms with Gasteiger partial charge in [0.05, 0.1) is 30.1 Å². The van der Waals surface area contributed by atoms with Crippen LogP contribution in [0.4, 0.5) is 11.4 Å². The fraction of sp³-hybridized carbons (Fsp3) is 0.316. The number of ether oxygens (including phenoxy) is 1. The summed E-state index contributed by atoms with van der Waals surface area (Å²) in [5.41, 5.74) is 1.73. The van der Waals surface area contributed by atoms with Crippen molar-refractivity contribution in [2.75, 3.05) is 50.1 Å². The molecule has 3 rings (SSSR count). The number of halogens is 2. The minimum absolute atomic E-state index is 0.0556. The number of amides is 1. The third-order valence-electron chi connectivity index (χ3n) is 4.37. The molecule has 0 bridgehead atoms. The second-order valence-electron chi connectivity index (χ2n) is 6.11. The van der Waals surface area contributed by atoms with Gasteiger partial charge in [-0.05, 0) is 30.3 Å². The van der Waals surface area contributed by atoms with Gasteiger partial charge in [0.25, 0.3) is 0 Å². The van der Waals surface area contributed by atoms with Gasteiger partial charge in [-0.1, -0.05) is 39.7 Å². The van der Waals surface area contributed by atoms with Crippen LogP contribution in [0.3, 0.4) is 0 Å². The summed E-state index contributed by atoms with van der Waals surface area (Å²) < 4.78 is 6.32. The minimum atomic E-state index is -0.0556. The Morgan fingerprint density at radius 3 is 2.62 bits per heavy atom. The van der Waals surface area contributed by atoms with Gasteiger partial charge in [0, 0.05) is 30.7 Å². The number of carbonyl (C=O) groups excluding carboxylic acids is 1.